The Balaban J connectivity index is 1.32. The lowest BCUT2D eigenvalue weighted by Gasteiger charge is -2.34. The van der Waals surface area contributed by atoms with Gasteiger partial charge >= 0.3 is 0 Å². The molecule has 0 aliphatic carbocycles. The molecule has 3 rings (SSSR count). The number of hydrogen-bond donors (Lipinski definition) is 1. The molecule has 6 nitrogen and oxygen atoms in total. The highest BCUT2D eigenvalue weighted by Gasteiger charge is 2.22. The van der Waals surface area contributed by atoms with Crippen molar-refractivity contribution in [2.75, 3.05) is 44.6 Å². The molecule has 2 aromatic carbocycles. The molecule has 1 saturated heterocycles. The van der Waals surface area contributed by atoms with Gasteiger partial charge in [0.05, 0.1) is 23.9 Å². The van der Waals surface area contributed by atoms with Gasteiger partial charge in [-0.05, 0) is 42.8 Å². The Morgan fingerprint density at radius 1 is 1.03 bits per heavy atom. The molecule has 1 aliphatic rings. The number of carbonyl (C=O) groups excluding carboxylic acids is 2. The number of piperazine rings is 1. The van der Waals surface area contributed by atoms with Crippen LogP contribution >= 0.6 is 11.6 Å². The molecule has 1 N–H and O–H groups in total. The number of anilines is 1. The number of rotatable bonds is 8. The Morgan fingerprint density at radius 2 is 1.73 bits per heavy atom. The molecule has 0 atom stereocenters. The van der Waals surface area contributed by atoms with Crippen molar-refractivity contribution in [1.82, 2.24) is 9.80 Å². The van der Waals surface area contributed by atoms with Gasteiger partial charge in [-0.1, -0.05) is 23.7 Å². The second-order valence-electron chi connectivity index (χ2n) is 7.09. The van der Waals surface area contributed by atoms with Crippen molar-refractivity contribution in [3.8, 4) is 5.75 Å². The van der Waals surface area contributed by atoms with Crippen LogP contribution < -0.4 is 10.1 Å². The van der Waals surface area contributed by atoms with Gasteiger partial charge in [0.15, 0.2) is 0 Å². The normalized spacial score (nSPS) is 14.4. The first-order valence-electron chi connectivity index (χ1n) is 9.94. The van der Waals surface area contributed by atoms with Gasteiger partial charge in [0.2, 0.25) is 11.8 Å². The highest BCUT2D eigenvalue weighted by molar-refractivity contribution is 6.33. The molecule has 160 valence electrons. The van der Waals surface area contributed by atoms with E-state index < -0.39 is 0 Å². The van der Waals surface area contributed by atoms with Crippen LogP contribution in [0, 0.1) is 5.82 Å². The fraction of sp³-hybridized carbons (Fsp3) is 0.364. The van der Waals surface area contributed by atoms with E-state index >= 15 is 0 Å². The Hall–Kier alpha value is -2.64. The van der Waals surface area contributed by atoms with Gasteiger partial charge in [0.25, 0.3) is 0 Å². The molecule has 1 fully saturated rings. The Kier molecular flexibility index (Phi) is 8.04. The number of halogens is 2. The summed E-state index contributed by atoms with van der Waals surface area (Å²) in [7, 11) is 0. The highest BCUT2D eigenvalue weighted by atomic mass is 35.5. The summed E-state index contributed by atoms with van der Waals surface area (Å²) in [5, 5.41) is 3.32. The molecule has 0 spiro atoms. The van der Waals surface area contributed by atoms with E-state index in [-0.39, 0.29) is 24.2 Å². The van der Waals surface area contributed by atoms with Crippen LogP contribution in [0.5, 0.6) is 5.75 Å². The summed E-state index contributed by atoms with van der Waals surface area (Å²) in [6.45, 7) is 3.15. The zero-order valence-corrected chi connectivity index (χ0v) is 17.4. The van der Waals surface area contributed by atoms with E-state index in [1.54, 1.807) is 24.3 Å². The molecule has 0 radical (unpaired) electrons. The third-order valence-electron chi connectivity index (χ3n) is 4.86. The first-order chi connectivity index (χ1) is 14.5. The van der Waals surface area contributed by atoms with E-state index in [0.29, 0.717) is 62.1 Å². The summed E-state index contributed by atoms with van der Waals surface area (Å²) in [6, 6.07) is 12.9. The summed E-state index contributed by atoms with van der Waals surface area (Å²) >= 11 is 6.06. The van der Waals surface area contributed by atoms with E-state index in [2.05, 4.69) is 5.32 Å². The number of para-hydroxylation sites is 1. The maximum atomic E-state index is 12.9. The summed E-state index contributed by atoms with van der Waals surface area (Å²) in [4.78, 5) is 28.4. The van der Waals surface area contributed by atoms with Crippen molar-refractivity contribution in [2.45, 2.75) is 12.8 Å². The minimum Gasteiger partial charge on any atom is -0.494 e. The third-order valence-corrected chi connectivity index (χ3v) is 5.19. The number of amides is 2. The van der Waals surface area contributed by atoms with Gasteiger partial charge in [-0.15, -0.1) is 0 Å². The first-order valence-corrected chi connectivity index (χ1v) is 10.3. The van der Waals surface area contributed by atoms with Gasteiger partial charge < -0.3 is 15.0 Å². The standard InChI is InChI=1S/C22H25ClFN3O3/c23-19-4-1-2-5-20(19)25-21(28)16-26-11-13-27(14-12-26)22(29)6-3-15-30-18-9-7-17(24)8-10-18/h1-2,4-5,7-10H,3,6,11-16H2,(H,25,28). The number of benzene rings is 2. The van der Waals surface area contributed by atoms with E-state index in [4.69, 9.17) is 16.3 Å². The molecule has 30 heavy (non-hydrogen) atoms. The number of ether oxygens (including phenoxy) is 1. The van der Waals surface area contributed by atoms with Gasteiger partial charge in [-0.2, -0.15) is 0 Å². The number of nitrogens with one attached hydrogen (secondary N) is 1. The van der Waals surface area contributed by atoms with Crippen molar-refractivity contribution >= 4 is 29.1 Å². The highest BCUT2D eigenvalue weighted by Crippen LogP contribution is 2.20. The molecule has 1 heterocycles. The first kappa shape index (κ1) is 22.1. The van der Waals surface area contributed by atoms with Crippen LogP contribution in [-0.4, -0.2) is 60.9 Å². The number of nitrogens with zero attached hydrogens (tertiary/aromatic N) is 2. The van der Waals surface area contributed by atoms with Gasteiger partial charge in [-0.3, -0.25) is 14.5 Å². The number of carbonyl (C=O) groups is 2. The van der Waals surface area contributed by atoms with Crippen LogP contribution in [0.4, 0.5) is 10.1 Å². The monoisotopic (exact) mass is 433 g/mol. The topological polar surface area (TPSA) is 61.9 Å². The molecule has 0 aromatic heterocycles. The SMILES string of the molecule is O=C(CN1CCN(C(=O)CCCOc2ccc(F)cc2)CC1)Nc1ccccc1Cl. The van der Waals surface area contributed by atoms with E-state index in [0.717, 1.165) is 0 Å². The molecule has 8 heteroatoms. The van der Waals surface area contributed by atoms with E-state index in [1.807, 2.05) is 21.9 Å². The van der Waals surface area contributed by atoms with Gasteiger partial charge in [0.1, 0.15) is 11.6 Å². The summed E-state index contributed by atoms with van der Waals surface area (Å²) in [5.41, 5.74) is 0.598. The zero-order valence-electron chi connectivity index (χ0n) is 16.7. The average molecular weight is 434 g/mol. The second kappa shape index (κ2) is 10.9. The predicted molar refractivity (Wildman–Crippen MR) is 114 cm³/mol. The van der Waals surface area contributed by atoms with Crippen LogP contribution in [-0.2, 0) is 9.59 Å². The molecule has 0 unspecified atom stereocenters. The molecule has 2 aromatic rings. The molecule has 2 amide bonds. The Bertz CT molecular complexity index is 855. The average Bonchev–Trinajstić information content (AvgIpc) is 2.74. The lowest BCUT2D eigenvalue weighted by molar-refractivity contribution is -0.133. The quantitative estimate of drug-likeness (QED) is 0.648. The van der Waals surface area contributed by atoms with Crippen molar-refractivity contribution < 1.29 is 18.7 Å². The summed E-state index contributed by atoms with van der Waals surface area (Å²) in [5.74, 6) is 0.240. The van der Waals surface area contributed by atoms with Crippen LogP contribution in [0.15, 0.2) is 48.5 Å². The molecule has 1 aliphatic heterocycles. The van der Waals surface area contributed by atoms with Crippen LogP contribution in [0.3, 0.4) is 0 Å². The zero-order chi connectivity index (χ0) is 21.3. The van der Waals surface area contributed by atoms with Crippen molar-refractivity contribution in [3.63, 3.8) is 0 Å². The van der Waals surface area contributed by atoms with Gasteiger partial charge in [-0.25, -0.2) is 4.39 Å². The lowest BCUT2D eigenvalue weighted by atomic mass is 10.2. The van der Waals surface area contributed by atoms with Crippen molar-refractivity contribution in [1.29, 1.82) is 0 Å². The maximum absolute atomic E-state index is 12.9. The van der Waals surface area contributed by atoms with E-state index in [9.17, 15) is 14.0 Å². The Labute approximate surface area is 180 Å². The number of hydrogen-bond acceptors (Lipinski definition) is 4. The molecular formula is C22H25ClFN3O3. The van der Waals surface area contributed by atoms with E-state index in [1.165, 1.54) is 12.1 Å². The minimum absolute atomic E-state index is 0.0814. The summed E-state index contributed by atoms with van der Waals surface area (Å²) < 4.78 is 18.4. The summed E-state index contributed by atoms with van der Waals surface area (Å²) in [6.07, 6.45) is 0.991. The van der Waals surface area contributed by atoms with Gasteiger partial charge in [0, 0.05) is 32.6 Å². The van der Waals surface area contributed by atoms with Crippen molar-refractivity contribution in [3.05, 3.63) is 59.4 Å². The third kappa shape index (κ3) is 6.71. The lowest BCUT2D eigenvalue weighted by Crippen LogP contribution is -2.50. The predicted octanol–water partition coefficient (Wildman–Crippen LogP) is 3.42. The molecule has 0 saturated carbocycles. The fourth-order valence-corrected chi connectivity index (χ4v) is 3.40. The maximum Gasteiger partial charge on any atom is 0.238 e. The molecular weight excluding hydrogens is 409 g/mol. The van der Waals surface area contributed by atoms with Crippen LogP contribution in [0.1, 0.15) is 12.8 Å². The largest absolute Gasteiger partial charge is 0.494 e. The fourth-order valence-electron chi connectivity index (χ4n) is 3.21. The molecule has 0 bridgehead atoms. The Morgan fingerprint density at radius 3 is 2.43 bits per heavy atom. The van der Waals surface area contributed by atoms with Crippen LogP contribution in [0.2, 0.25) is 5.02 Å². The van der Waals surface area contributed by atoms with Crippen molar-refractivity contribution in [2.24, 2.45) is 0 Å². The second-order valence-corrected chi connectivity index (χ2v) is 7.50. The smallest absolute Gasteiger partial charge is 0.238 e. The van der Waals surface area contributed by atoms with Crippen LogP contribution in [0.25, 0.3) is 0 Å². The minimum atomic E-state index is -0.307.